The van der Waals surface area contributed by atoms with Crippen LogP contribution in [-0.2, 0) is 11.2 Å². The molecule has 22 heavy (non-hydrogen) atoms. The van der Waals surface area contributed by atoms with Crippen LogP contribution in [0, 0.1) is 0 Å². The van der Waals surface area contributed by atoms with Crippen molar-refractivity contribution in [1.29, 1.82) is 0 Å². The Morgan fingerprint density at radius 2 is 2.05 bits per heavy atom. The number of hydrogen-bond donors (Lipinski definition) is 2. The van der Waals surface area contributed by atoms with Gasteiger partial charge in [0.2, 0.25) is 0 Å². The Morgan fingerprint density at radius 3 is 2.95 bits per heavy atom. The molecule has 0 unspecified atom stereocenters. The molecule has 1 amide bonds. The Labute approximate surface area is 128 Å². The van der Waals surface area contributed by atoms with Crippen LogP contribution in [0.1, 0.15) is 23.6 Å². The fraction of sp³-hybridized carbons (Fsp3) is 0.211. The van der Waals surface area contributed by atoms with E-state index in [0.29, 0.717) is 6.42 Å². The monoisotopic (exact) mass is 289 g/mol. The summed E-state index contributed by atoms with van der Waals surface area (Å²) in [6, 6.07) is 7.60. The molecule has 0 aromatic heterocycles. The fourth-order valence-electron chi connectivity index (χ4n) is 3.80. The van der Waals surface area contributed by atoms with E-state index in [9.17, 15) is 9.90 Å². The highest BCUT2D eigenvalue weighted by Crippen LogP contribution is 2.51. The SMILES string of the molecule is O=C(N[C@H]1c2ccccc2C[C@@H]1O)C1=C2C=C3CC3=C2C=C1. The second kappa shape index (κ2) is 4.08. The number of carbonyl (C=O) groups is 1. The van der Waals surface area contributed by atoms with E-state index in [1.54, 1.807) is 0 Å². The van der Waals surface area contributed by atoms with Crippen molar-refractivity contribution in [3.05, 3.63) is 81.5 Å². The molecule has 0 heterocycles. The van der Waals surface area contributed by atoms with E-state index >= 15 is 0 Å². The molecule has 0 aliphatic heterocycles. The summed E-state index contributed by atoms with van der Waals surface area (Å²) in [4.78, 5) is 12.6. The van der Waals surface area contributed by atoms with Gasteiger partial charge in [-0.1, -0.05) is 30.3 Å². The molecule has 1 fully saturated rings. The molecule has 108 valence electrons. The first kappa shape index (κ1) is 12.2. The first-order valence-corrected chi connectivity index (χ1v) is 7.66. The molecule has 4 aliphatic rings. The molecule has 3 heteroatoms. The Balaban J connectivity index is 1.45. The van der Waals surface area contributed by atoms with Crippen LogP contribution in [-0.4, -0.2) is 17.1 Å². The zero-order chi connectivity index (χ0) is 14.8. The predicted molar refractivity (Wildman–Crippen MR) is 82.9 cm³/mol. The lowest BCUT2D eigenvalue weighted by molar-refractivity contribution is -0.118. The molecular formula is C19H15NO2. The van der Waals surface area contributed by atoms with Gasteiger partial charge in [0, 0.05) is 12.0 Å². The molecule has 0 saturated heterocycles. The van der Waals surface area contributed by atoms with Crippen LogP contribution < -0.4 is 5.32 Å². The number of amides is 1. The van der Waals surface area contributed by atoms with Gasteiger partial charge in [0.1, 0.15) is 0 Å². The lowest BCUT2D eigenvalue weighted by atomic mass is 10.0. The summed E-state index contributed by atoms with van der Waals surface area (Å²) in [5.41, 5.74) is 7.89. The van der Waals surface area contributed by atoms with Gasteiger partial charge in [-0.3, -0.25) is 4.79 Å². The molecule has 1 saturated carbocycles. The van der Waals surface area contributed by atoms with E-state index in [1.807, 2.05) is 36.4 Å². The summed E-state index contributed by atoms with van der Waals surface area (Å²) in [6.45, 7) is 0. The standard InChI is InChI=1S/C19H15NO2/c21-17-9-10-3-1-2-4-12(10)18(17)20-19(22)14-6-5-13-15-7-11(15)8-16(13)14/h1-6,8,17-18,21H,7,9H2,(H,20,22)/t17-,18-/m0/s1. The number of nitrogens with one attached hydrogen (secondary N) is 1. The summed E-state index contributed by atoms with van der Waals surface area (Å²) < 4.78 is 0. The lowest BCUT2D eigenvalue weighted by Crippen LogP contribution is -2.34. The second-order valence-electron chi connectivity index (χ2n) is 6.32. The average molecular weight is 289 g/mol. The van der Waals surface area contributed by atoms with Crippen LogP contribution in [0.2, 0.25) is 0 Å². The number of fused-ring (bicyclic) bond motifs is 3. The maximum atomic E-state index is 12.6. The van der Waals surface area contributed by atoms with E-state index in [2.05, 4.69) is 11.4 Å². The van der Waals surface area contributed by atoms with Crippen molar-refractivity contribution in [2.75, 3.05) is 0 Å². The van der Waals surface area contributed by atoms with Crippen LogP contribution in [0.4, 0.5) is 0 Å². The molecule has 5 rings (SSSR count). The quantitative estimate of drug-likeness (QED) is 0.877. The lowest BCUT2D eigenvalue weighted by Gasteiger charge is -2.18. The molecule has 1 aromatic rings. The highest BCUT2D eigenvalue weighted by molar-refractivity contribution is 6.02. The Hall–Kier alpha value is -2.39. The zero-order valence-electron chi connectivity index (χ0n) is 12.0. The third kappa shape index (κ3) is 1.57. The minimum atomic E-state index is -0.550. The van der Waals surface area contributed by atoms with Crippen LogP contribution in [0.25, 0.3) is 0 Å². The topological polar surface area (TPSA) is 49.3 Å². The minimum Gasteiger partial charge on any atom is -0.390 e. The number of hydrogen-bond acceptors (Lipinski definition) is 2. The van der Waals surface area contributed by atoms with Crippen molar-refractivity contribution in [3.8, 4) is 0 Å². The highest BCUT2D eigenvalue weighted by Gasteiger charge is 2.37. The molecule has 2 N–H and O–H groups in total. The second-order valence-corrected chi connectivity index (χ2v) is 6.32. The van der Waals surface area contributed by atoms with E-state index in [-0.39, 0.29) is 11.9 Å². The van der Waals surface area contributed by atoms with Crippen molar-refractivity contribution in [2.45, 2.75) is 25.0 Å². The largest absolute Gasteiger partial charge is 0.390 e. The molecule has 1 aromatic carbocycles. The van der Waals surface area contributed by atoms with E-state index in [4.69, 9.17) is 0 Å². The van der Waals surface area contributed by atoms with Crippen LogP contribution >= 0.6 is 0 Å². The number of carbonyl (C=O) groups excluding carboxylic acids is 1. The van der Waals surface area contributed by atoms with Gasteiger partial charge in [-0.2, -0.15) is 0 Å². The smallest absolute Gasteiger partial charge is 0.252 e. The van der Waals surface area contributed by atoms with Gasteiger partial charge >= 0.3 is 0 Å². The molecule has 0 bridgehead atoms. The number of aliphatic hydroxyl groups is 1. The maximum absolute atomic E-state index is 12.6. The van der Waals surface area contributed by atoms with Crippen molar-refractivity contribution in [2.24, 2.45) is 0 Å². The summed E-state index contributed by atoms with van der Waals surface area (Å²) in [6.07, 6.45) is 7.18. The van der Waals surface area contributed by atoms with Gasteiger partial charge in [0.15, 0.2) is 0 Å². The number of rotatable bonds is 2. The van der Waals surface area contributed by atoms with Crippen LogP contribution in [0.5, 0.6) is 0 Å². The van der Waals surface area contributed by atoms with Crippen molar-refractivity contribution >= 4 is 5.91 Å². The molecule has 3 nitrogen and oxygen atoms in total. The van der Waals surface area contributed by atoms with Crippen molar-refractivity contribution in [1.82, 2.24) is 5.32 Å². The summed E-state index contributed by atoms with van der Waals surface area (Å²) in [7, 11) is 0. The van der Waals surface area contributed by atoms with Crippen molar-refractivity contribution < 1.29 is 9.90 Å². The van der Waals surface area contributed by atoms with Gasteiger partial charge in [0.05, 0.1) is 12.1 Å². The van der Waals surface area contributed by atoms with Gasteiger partial charge in [-0.15, -0.1) is 0 Å². The van der Waals surface area contributed by atoms with E-state index in [1.165, 1.54) is 16.7 Å². The van der Waals surface area contributed by atoms with Gasteiger partial charge in [-0.25, -0.2) is 0 Å². The minimum absolute atomic E-state index is 0.0965. The third-order valence-corrected chi connectivity index (χ3v) is 5.01. The number of allylic oxidation sites excluding steroid dienone is 6. The molecule has 2 atom stereocenters. The summed E-state index contributed by atoms with van der Waals surface area (Å²) >= 11 is 0. The molecule has 0 radical (unpaired) electrons. The van der Waals surface area contributed by atoms with Crippen molar-refractivity contribution in [3.63, 3.8) is 0 Å². The Morgan fingerprint density at radius 1 is 1.18 bits per heavy atom. The van der Waals surface area contributed by atoms with Gasteiger partial charge in [0.25, 0.3) is 5.91 Å². The van der Waals surface area contributed by atoms with E-state index in [0.717, 1.165) is 28.7 Å². The fourth-order valence-corrected chi connectivity index (χ4v) is 3.80. The summed E-state index contributed by atoms with van der Waals surface area (Å²) in [5.74, 6) is -0.0965. The average Bonchev–Trinajstić information content (AvgIpc) is 2.87. The zero-order valence-corrected chi connectivity index (χ0v) is 12.0. The highest BCUT2D eigenvalue weighted by atomic mass is 16.3. The predicted octanol–water partition coefficient (Wildman–Crippen LogP) is 2.27. The van der Waals surface area contributed by atoms with Gasteiger partial charge < -0.3 is 10.4 Å². The summed E-state index contributed by atoms with van der Waals surface area (Å²) in [5, 5.41) is 13.3. The first-order valence-electron chi connectivity index (χ1n) is 7.66. The molecular weight excluding hydrogens is 274 g/mol. The van der Waals surface area contributed by atoms with Crippen LogP contribution in [0.3, 0.4) is 0 Å². The molecule has 0 spiro atoms. The Bertz CT molecular complexity index is 854. The molecule has 4 aliphatic carbocycles. The Kier molecular flexibility index (Phi) is 2.26. The van der Waals surface area contributed by atoms with Gasteiger partial charge in [-0.05, 0) is 52.0 Å². The van der Waals surface area contributed by atoms with E-state index < -0.39 is 6.10 Å². The number of aliphatic hydroxyl groups excluding tert-OH is 1. The third-order valence-electron chi connectivity index (χ3n) is 5.01. The normalized spacial score (nSPS) is 26.9. The maximum Gasteiger partial charge on any atom is 0.252 e. The van der Waals surface area contributed by atoms with Crippen LogP contribution in [0.15, 0.2) is 70.4 Å². The number of benzene rings is 1. The first-order chi connectivity index (χ1) is 10.7.